The molecule has 0 aliphatic carbocycles. The Bertz CT molecular complexity index is 711. The molecule has 4 heteroatoms. The van der Waals surface area contributed by atoms with Crippen molar-refractivity contribution in [1.29, 1.82) is 0 Å². The highest BCUT2D eigenvalue weighted by molar-refractivity contribution is 5.80. The Morgan fingerprint density at radius 1 is 0.778 bits per heavy atom. The fraction of sp³-hybridized carbons (Fsp3) is 0.391. The number of carbonyl (C=O) groups is 2. The van der Waals surface area contributed by atoms with Crippen molar-refractivity contribution in [2.24, 2.45) is 5.92 Å². The van der Waals surface area contributed by atoms with Crippen LogP contribution in [0, 0.1) is 5.92 Å². The van der Waals surface area contributed by atoms with Crippen molar-refractivity contribution < 1.29 is 9.59 Å². The van der Waals surface area contributed by atoms with Crippen LogP contribution in [0.1, 0.15) is 37.3 Å². The number of hydrogen-bond donors (Lipinski definition) is 0. The van der Waals surface area contributed by atoms with Gasteiger partial charge in [-0.1, -0.05) is 74.5 Å². The van der Waals surface area contributed by atoms with Crippen LogP contribution in [0.5, 0.6) is 0 Å². The third-order valence-electron chi connectivity index (χ3n) is 5.22. The Labute approximate surface area is 161 Å². The SMILES string of the molecule is CC(C)C(=O)N1CCN(C(=O)CC(c2ccccc2)c2ccccc2)CC1. The van der Waals surface area contributed by atoms with Crippen LogP contribution in [0.4, 0.5) is 0 Å². The first-order valence-corrected chi connectivity index (χ1v) is 9.72. The van der Waals surface area contributed by atoms with Gasteiger partial charge in [-0.15, -0.1) is 0 Å². The van der Waals surface area contributed by atoms with Crippen molar-refractivity contribution >= 4 is 11.8 Å². The maximum atomic E-state index is 13.0. The number of nitrogens with zero attached hydrogens (tertiary/aromatic N) is 2. The molecule has 0 radical (unpaired) electrons. The smallest absolute Gasteiger partial charge is 0.225 e. The summed E-state index contributed by atoms with van der Waals surface area (Å²) in [4.78, 5) is 28.9. The van der Waals surface area contributed by atoms with Crippen molar-refractivity contribution in [3.05, 3.63) is 71.8 Å². The largest absolute Gasteiger partial charge is 0.339 e. The number of carbonyl (C=O) groups excluding carboxylic acids is 2. The quantitative estimate of drug-likeness (QED) is 0.814. The second-order valence-corrected chi connectivity index (χ2v) is 7.44. The molecule has 0 unspecified atom stereocenters. The van der Waals surface area contributed by atoms with E-state index in [-0.39, 0.29) is 23.7 Å². The molecule has 2 aromatic carbocycles. The molecule has 1 aliphatic heterocycles. The highest BCUT2D eigenvalue weighted by Crippen LogP contribution is 2.28. The molecule has 1 fully saturated rings. The fourth-order valence-corrected chi connectivity index (χ4v) is 3.64. The summed E-state index contributed by atoms with van der Waals surface area (Å²) < 4.78 is 0. The van der Waals surface area contributed by atoms with Gasteiger partial charge in [-0.2, -0.15) is 0 Å². The van der Waals surface area contributed by atoms with Crippen LogP contribution in [-0.2, 0) is 9.59 Å². The molecule has 2 aromatic rings. The van der Waals surface area contributed by atoms with Gasteiger partial charge < -0.3 is 9.80 Å². The standard InChI is InChI=1S/C23H28N2O2/c1-18(2)23(27)25-15-13-24(14-16-25)22(26)17-21(19-9-5-3-6-10-19)20-11-7-4-8-12-20/h3-12,18,21H,13-17H2,1-2H3. The number of benzene rings is 2. The lowest BCUT2D eigenvalue weighted by molar-refractivity contribution is -0.141. The highest BCUT2D eigenvalue weighted by Gasteiger charge is 2.27. The molecule has 4 nitrogen and oxygen atoms in total. The summed E-state index contributed by atoms with van der Waals surface area (Å²) in [7, 11) is 0. The van der Waals surface area contributed by atoms with Gasteiger partial charge in [-0.05, 0) is 11.1 Å². The zero-order chi connectivity index (χ0) is 19.2. The molecular formula is C23H28N2O2. The minimum Gasteiger partial charge on any atom is -0.339 e. The zero-order valence-corrected chi connectivity index (χ0v) is 16.2. The van der Waals surface area contributed by atoms with Crippen LogP contribution in [-0.4, -0.2) is 47.8 Å². The average molecular weight is 364 g/mol. The monoisotopic (exact) mass is 364 g/mol. The highest BCUT2D eigenvalue weighted by atomic mass is 16.2. The number of rotatable bonds is 5. The first-order chi connectivity index (χ1) is 13.1. The molecule has 0 N–H and O–H groups in total. The molecule has 0 aromatic heterocycles. The molecule has 142 valence electrons. The summed E-state index contributed by atoms with van der Waals surface area (Å²) in [5, 5.41) is 0. The van der Waals surface area contributed by atoms with E-state index >= 15 is 0 Å². The van der Waals surface area contributed by atoms with E-state index in [9.17, 15) is 9.59 Å². The molecule has 27 heavy (non-hydrogen) atoms. The van der Waals surface area contributed by atoms with Crippen LogP contribution in [0.25, 0.3) is 0 Å². The second kappa shape index (κ2) is 8.85. The predicted molar refractivity (Wildman–Crippen MR) is 107 cm³/mol. The first-order valence-electron chi connectivity index (χ1n) is 9.72. The van der Waals surface area contributed by atoms with E-state index < -0.39 is 0 Å². The molecule has 3 rings (SSSR count). The van der Waals surface area contributed by atoms with Crippen LogP contribution in [0.3, 0.4) is 0 Å². The Morgan fingerprint density at radius 3 is 1.67 bits per heavy atom. The summed E-state index contributed by atoms with van der Waals surface area (Å²) in [5.74, 6) is 0.390. The Kier molecular flexibility index (Phi) is 6.28. The molecule has 1 saturated heterocycles. The Hall–Kier alpha value is -2.62. The van der Waals surface area contributed by atoms with Crippen molar-refractivity contribution in [2.45, 2.75) is 26.2 Å². The maximum Gasteiger partial charge on any atom is 0.225 e. The molecule has 0 spiro atoms. The van der Waals surface area contributed by atoms with E-state index in [2.05, 4.69) is 24.3 Å². The summed E-state index contributed by atoms with van der Waals surface area (Å²) in [6, 6.07) is 20.4. The summed E-state index contributed by atoms with van der Waals surface area (Å²) in [6.45, 7) is 6.34. The van der Waals surface area contributed by atoms with Gasteiger partial charge in [-0.3, -0.25) is 9.59 Å². The van der Waals surface area contributed by atoms with E-state index in [1.54, 1.807) is 0 Å². The van der Waals surface area contributed by atoms with Crippen LogP contribution in [0.15, 0.2) is 60.7 Å². The van der Waals surface area contributed by atoms with Gasteiger partial charge in [0.15, 0.2) is 0 Å². The fourth-order valence-electron chi connectivity index (χ4n) is 3.64. The van der Waals surface area contributed by atoms with Gasteiger partial charge in [0, 0.05) is 44.4 Å². The van der Waals surface area contributed by atoms with Crippen molar-refractivity contribution in [3.63, 3.8) is 0 Å². The van der Waals surface area contributed by atoms with Crippen molar-refractivity contribution in [3.8, 4) is 0 Å². The Morgan fingerprint density at radius 2 is 1.22 bits per heavy atom. The van der Waals surface area contributed by atoms with E-state index in [0.717, 1.165) is 11.1 Å². The van der Waals surface area contributed by atoms with Gasteiger partial charge in [0.1, 0.15) is 0 Å². The summed E-state index contributed by atoms with van der Waals surface area (Å²) in [5.41, 5.74) is 2.32. The van der Waals surface area contributed by atoms with Gasteiger partial charge in [0.05, 0.1) is 0 Å². The topological polar surface area (TPSA) is 40.6 Å². The average Bonchev–Trinajstić information content (AvgIpc) is 2.72. The zero-order valence-electron chi connectivity index (χ0n) is 16.2. The maximum absolute atomic E-state index is 13.0. The minimum absolute atomic E-state index is 0.00722. The molecule has 0 bridgehead atoms. The normalized spacial score (nSPS) is 14.7. The molecule has 0 atom stereocenters. The first kappa shape index (κ1) is 19.2. The minimum atomic E-state index is 0.00722. The lowest BCUT2D eigenvalue weighted by Gasteiger charge is -2.36. The van der Waals surface area contributed by atoms with E-state index in [4.69, 9.17) is 0 Å². The van der Waals surface area contributed by atoms with Crippen LogP contribution in [0.2, 0.25) is 0 Å². The predicted octanol–water partition coefficient (Wildman–Crippen LogP) is 3.54. The van der Waals surface area contributed by atoms with E-state index in [1.807, 2.05) is 60.0 Å². The van der Waals surface area contributed by atoms with E-state index in [1.165, 1.54) is 0 Å². The number of amides is 2. The number of hydrogen-bond acceptors (Lipinski definition) is 2. The molecule has 1 aliphatic rings. The van der Waals surface area contributed by atoms with Crippen molar-refractivity contribution in [2.75, 3.05) is 26.2 Å². The van der Waals surface area contributed by atoms with Gasteiger partial charge >= 0.3 is 0 Å². The number of piperazine rings is 1. The lowest BCUT2D eigenvalue weighted by Crippen LogP contribution is -2.51. The molecular weight excluding hydrogens is 336 g/mol. The molecule has 2 amide bonds. The van der Waals surface area contributed by atoms with Crippen LogP contribution >= 0.6 is 0 Å². The third kappa shape index (κ3) is 4.76. The van der Waals surface area contributed by atoms with Gasteiger partial charge in [0.25, 0.3) is 0 Å². The molecule has 0 saturated carbocycles. The second-order valence-electron chi connectivity index (χ2n) is 7.44. The summed E-state index contributed by atoms with van der Waals surface area (Å²) in [6.07, 6.45) is 0.451. The summed E-state index contributed by atoms with van der Waals surface area (Å²) >= 11 is 0. The van der Waals surface area contributed by atoms with E-state index in [0.29, 0.717) is 32.6 Å². The van der Waals surface area contributed by atoms with Crippen LogP contribution < -0.4 is 0 Å². The van der Waals surface area contributed by atoms with Crippen molar-refractivity contribution in [1.82, 2.24) is 9.80 Å². The van der Waals surface area contributed by atoms with Gasteiger partial charge in [-0.25, -0.2) is 0 Å². The third-order valence-corrected chi connectivity index (χ3v) is 5.22. The lowest BCUT2D eigenvalue weighted by atomic mass is 9.88. The molecule has 1 heterocycles. The Balaban J connectivity index is 1.68. The van der Waals surface area contributed by atoms with Gasteiger partial charge in [0.2, 0.25) is 11.8 Å².